The Hall–Kier alpha value is -2.89. The Morgan fingerprint density at radius 3 is 2.52 bits per heavy atom. The van der Waals surface area contributed by atoms with Crippen LogP contribution in [-0.2, 0) is 4.79 Å². The van der Waals surface area contributed by atoms with Crippen LogP contribution >= 0.6 is 0 Å². The molecule has 1 fully saturated rings. The van der Waals surface area contributed by atoms with E-state index in [1.54, 1.807) is 12.1 Å². The van der Waals surface area contributed by atoms with E-state index in [0.717, 1.165) is 23.3 Å². The van der Waals surface area contributed by atoms with Crippen molar-refractivity contribution in [3.8, 4) is 0 Å². The number of carbonyl (C=O) groups excluding carboxylic acids is 3. The Morgan fingerprint density at radius 1 is 1.19 bits per heavy atom. The predicted octanol–water partition coefficient (Wildman–Crippen LogP) is 3.98. The molecule has 0 bridgehead atoms. The quantitative estimate of drug-likeness (QED) is 0.658. The van der Waals surface area contributed by atoms with Gasteiger partial charge in [0.2, 0.25) is 5.78 Å². The molecule has 2 aromatic rings. The molecule has 6 nitrogen and oxygen atoms in total. The van der Waals surface area contributed by atoms with Crippen LogP contribution in [0.2, 0.25) is 0 Å². The number of furan rings is 1. The highest BCUT2D eigenvalue weighted by Crippen LogP contribution is 2.45. The van der Waals surface area contributed by atoms with Gasteiger partial charge in [-0.1, -0.05) is 12.1 Å². The Kier molecular flexibility index (Phi) is 3.94. The van der Waals surface area contributed by atoms with Gasteiger partial charge in [-0.25, -0.2) is 9.69 Å². The van der Waals surface area contributed by atoms with Crippen LogP contribution in [0.15, 0.2) is 41.0 Å². The molecule has 4 rings (SSSR count). The lowest BCUT2D eigenvalue weighted by Gasteiger charge is -2.25. The number of fused-ring (bicyclic) bond motifs is 1. The molecule has 0 radical (unpaired) electrons. The number of urea groups is 1. The van der Waals surface area contributed by atoms with E-state index >= 15 is 0 Å². The van der Waals surface area contributed by atoms with E-state index in [2.05, 4.69) is 5.32 Å². The van der Waals surface area contributed by atoms with Crippen molar-refractivity contribution in [3.63, 3.8) is 0 Å². The van der Waals surface area contributed by atoms with Crippen LogP contribution in [0.1, 0.15) is 67.1 Å². The SMILES string of the molecule is CC(C)(C)NC(=O)N1C(=O)C(C(=O)c2ccco2)c2cc(C3CC3)ccc21. The largest absolute Gasteiger partial charge is 0.461 e. The van der Waals surface area contributed by atoms with E-state index in [0.29, 0.717) is 17.2 Å². The molecule has 0 saturated heterocycles. The summed E-state index contributed by atoms with van der Waals surface area (Å²) in [7, 11) is 0. The molecule has 0 spiro atoms. The normalized spacial score (nSPS) is 19.1. The van der Waals surface area contributed by atoms with Crippen LogP contribution in [0, 0.1) is 0 Å². The number of Topliss-reactive ketones (excluding diaryl/α,β-unsaturated/α-hetero) is 1. The summed E-state index contributed by atoms with van der Waals surface area (Å²) < 4.78 is 5.22. The van der Waals surface area contributed by atoms with E-state index in [1.807, 2.05) is 32.9 Å². The van der Waals surface area contributed by atoms with E-state index < -0.39 is 29.2 Å². The Morgan fingerprint density at radius 2 is 1.93 bits per heavy atom. The zero-order chi connectivity index (χ0) is 19.3. The molecule has 1 aliphatic carbocycles. The van der Waals surface area contributed by atoms with Gasteiger partial charge in [-0.3, -0.25) is 9.59 Å². The van der Waals surface area contributed by atoms with Crippen molar-refractivity contribution in [1.29, 1.82) is 0 Å². The number of nitrogens with one attached hydrogen (secondary N) is 1. The lowest BCUT2D eigenvalue weighted by molar-refractivity contribution is -0.117. The maximum atomic E-state index is 13.1. The first kappa shape index (κ1) is 17.5. The van der Waals surface area contributed by atoms with Crippen LogP contribution < -0.4 is 10.2 Å². The van der Waals surface area contributed by atoms with Crippen molar-refractivity contribution in [1.82, 2.24) is 5.32 Å². The predicted molar refractivity (Wildman–Crippen MR) is 100.0 cm³/mol. The highest BCUT2D eigenvalue weighted by Gasteiger charge is 2.46. The van der Waals surface area contributed by atoms with Gasteiger partial charge in [0.15, 0.2) is 5.76 Å². The summed E-state index contributed by atoms with van der Waals surface area (Å²) >= 11 is 0. The lowest BCUT2D eigenvalue weighted by atomic mass is 9.92. The minimum absolute atomic E-state index is 0.120. The number of benzene rings is 1. The molecule has 27 heavy (non-hydrogen) atoms. The topological polar surface area (TPSA) is 79.6 Å². The first-order valence-electron chi connectivity index (χ1n) is 9.14. The fraction of sp³-hybridized carbons (Fsp3) is 0.381. The summed E-state index contributed by atoms with van der Waals surface area (Å²) in [6, 6.07) is 8.25. The summed E-state index contributed by atoms with van der Waals surface area (Å²) in [6.07, 6.45) is 3.62. The molecule has 2 aliphatic rings. The summed E-state index contributed by atoms with van der Waals surface area (Å²) in [5, 5.41) is 2.81. The van der Waals surface area contributed by atoms with Gasteiger partial charge >= 0.3 is 6.03 Å². The second-order valence-corrected chi connectivity index (χ2v) is 8.22. The zero-order valence-corrected chi connectivity index (χ0v) is 15.6. The third kappa shape index (κ3) is 3.16. The van der Waals surface area contributed by atoms with Gasteiger partial charge < -0.3 is 9.73 Å². The third-order valence-electron chi connectivity index (χ3n) is 4.83. The fourth-order valence-electron chi connectivity index (χ4n) is 3.46. The van der Waals surface area contributed by atoms with Gasteiger partial charge in [-0.05, 0) is 68.9 Å². The minimum Gasteiger partial charge on any atom is -0.461 e. The molecule has 140 valence electrons. The molecule has 1 saturated carbocycles. The standard InChI is InChI=1S/C21H22N2O4/c1-21(2,3)22-20(26)23-15-9-8-13(12-6-7-12)11-14(15)17(19(23)25)18(24)16-5-4-10-27-16/h4-5,8-12,17H,6-7H2,1-3H3,(H,22,26). The highest BCUT2D eigenvalue weighted by molar-refractivity contribution is 6.29. The van der Waals surface area contributed by atoms with Crippen molar-refractivity contribution in [2.24, 2.45) is 0 Å². The molecular formula is C21H22N2O4. The van der Waals surface area contributed by atoms with Gasteiger partial charge in [0.25, 0.3) is 5.91 Å². The molecule has 3 amide bonds. The summed E-state index contributed by atoms with van der Waals surface area (Å²) in [5.74, 6) is -1.43. The number of anilines is 1. The smallest absolute Gasteiger partial charge is 0.329 e. The van der Waals surface area contributed by atoms with Crippen molar-refractivity contribution < 1.29 is 18.8 Å². The lowest BCUT2D eigenvalue weighted by Crippen LogP contribution is -2.50. The van der Waals surface area contributed by atoms with Gasteiger partial charge in [0.05, 0.1) is 12.0 Å². The number of rotatable bonds is 3. The molecule has 2 heterocycles. The van der Waals surface area contributed by atoms with Crippen LogP contribution in [-0.4, -0.2) is 23.3 Å². The monoisotopic (exact) mass is 366 g/mol. The maximum absolute atomic E-state index is 13.1. The molecule has 1 N–H and O–H groups in total. The van der Waals surface area contributed by atoms with E-state index in [4.69, 9.17) is 4.42 Å². The minimum atomic E-state index is -1.06. The molecule has 6 heteroatoms. The van der Waals surface area contributed by atoms with Crippen molar-refractivity contribution >= 4 is 23.4 Å². The van der Waals surface area contributed by atoms with E-state index in [-0.39, 0.29) is 5.76 Å². The van der Waals surface area contributed by atoms with Crippen LogP contribution in [0.3, 0.4) is 0 Å². The number of carbonyl (C=O) groups is 3. The number of nitrogens with zero attached hydrogens (tertiary/aromatic N) is 1. The number of hydrogen-bond acceptors (Lipinski definition) is 4. The van der Waals surface area contributed by atoms with Gasteiger partial charge in [-0.15, -0.1) is 0 Å². The van der Waals surface area contributed by atoms with Gasteiger partial charge in [0, 0.05) is 5.54 Å². The summed E-state index contributed by atoms with van der Waals surface area (Å²) in [5.41, 5.74) is 1.65. The number of hydrogen-bond donors (Lipinski definition) is 1. The first-order chi connectivity index (χ1) is 12.8. The fourth-order valence-corrected chi connectivity index (χ4v) is 3.46. The van der Waals surface area contributed by atoms with Crippen molar-refractivity contribution in [2.45, 2.75) is 51.0 Å². The van der Waals surface area contributed by atoms with Crippen molar-refractivity contribution in [3.05, 3.63) is 53.5 Å². The van der Waals surface area contributed by atoms with Crippen LogP contribution in [0.5, 0.6) is 0 Å². The van der Waals surface area contributed by atoms with Gasteiger partial charge in [0.1, 0.15) is 5.92 Å². The van der Waals surface area contributed by atoms with Gasteiger partial charge in [-0.2, -0.15) is 0 Å². The molecule has 1 unspecified atom stereocenters. The van der Waals surface area contributed by atoms with Crippen LogP contribution in [0.4, 0.5) is 10.5 Å². The average molecular weight is 366 g/mol. The van der Waals surface area contributed by atoms with Crippen LogP contribution in [0.25, 0.3) is 0 Å². The highest BCUT2D eigenvalue weighted by atomic mass is 16.3. The molecule has 1 atom stereocenters. The van der Waals surface area contributed by atoms with E-state index in [9.17, 15) is 14.4 Å². The Bertz CT molecular complexity index is 920. The molecule has 1 aromatic carbocycles. The third-order valence-corrected chi connectivity index (χ3v) is 4.83. The second kappa shape index (κ2) is 6.08. The Labute approximate surface area is 157 Å². The second-order valence-electron chi connectivity index (χ2n) is 8.22. The summed E-state index contributed by atoms with van der Waals surface area (Å²) in [6.45, 7) is 5.52. The molecular weight excluding hydrogens is 344 g/mol. The Balaban J connectivity index is 1.77. The molecule has 1 aromatic heterocycles. The maximum Gasteiger partial charge on any atom is 0.329 e. The summed E-state index contributed by atoms with van der Waals surface area (Å²) in [4.78, 5) is 39.9. The zero-order valence-electron chi connectivity index (χ0n) is 15.6. The average Bonchev–Trinajstić information content (AvgIpc) is 3.19. The molecule has 1 aliphatic heterocycles. The van der Waals surface area contributed by atoms with Crippen molar-refractivity contribution in [2.75, 3.05) is 4.90 Å². The first-order valence-corrected chi connectivity index (χ1v) is 9.14. The number of imide groups is 1. The number of ketones is 1. The van der Waals surface area contributed by atoms with E-state index in [1.165, 1.54) is 12.3 Å². The number of amides is 3.